The van der Waals surface area contributed by atoms with Gasteiger partial charge in [0.1, 0.15) is 11.5 Å². The van der Waals surface area contributed by atoms with Crippen molar-refractivity contribution in [3.63, 3.8) is 0 Å². The van der Waals surface area contributed by atoms with Gasteiger partial charge in [-0.1, -0.05) is 18.2 Å². The third-order valence-corrected chi connectivity index (χ3v) is 4.59. The van der Waals surface area contributed by atoms with Gasteiger partial charge in [0.05, 0.1) is 18.9 Å². The summed E-state index contributed by atoms with van der Waals surface area (Å²) in [6.45, 7) is 0. The first-order valence-electron chi connectivity index (χ1n) is 8.61. The van der Waals surface area contributed by atoms with E-state index < -0.39 is 5.97 Å². The second-order valence-electron chi connectivity index (χ2n) is 5.87. The van der Waals surface area contributed by atoms with Crippen molar-refractivity contribution in [3.8, 4) is 11.5 Å². The standard InChI is InChI=1S/C22H17BrN2O4/c1-28-18-6-4-5-16(13-18)21(26)25-24-14-15-9-11-17(12-10-15)29-22(27)19-7-2-3-8-20(19)23/h2-14H,1H3,(H,25,26). The van der Waals surface area contributed by atoms with Crippen LogP contribution in [0.5, 0.6) is 11.5 Å². The first kappa shape index (κ1) is 20.3. The molecule has 1 amide bonds. The van der Waals surface area contributed by atoms with Gasteiger partial charge in [-0.15, -0.1) is 0 Å². The van der Waals surface area contributed by atoms with Crippen molar-refractivity contribution in [2.45, 2.75) is 0 Å². The number of benzene rings is 3. The molecule has 0 fully saturated rings. The lowest BCUT2D eigenvalue weighted by Gasteiger charge is -2.06. The van der Waals surface area contributed by atoms with Gasteiger partial charge < -0.3 is 9.47 Å². The van der Waals surface area contributed by atoms with Crippen molar-refractivity contribution >= 4 is 34.0 Å². The van der Waals surface area contributed by atoms with Crippen LogP contribution in [0.2, 0.25) is 0 Å². The Labute approximate surface area is 176 Å². The van der Waals surface area contributed by atoms with E-state index in [2.05, 4.69) is 26.5 Å². The Kier molecular flexibility index (Phi) is 6.76. The summed E-state index contributed by atoms with van der Waals surface area (Å²) in [5.41, 5.74) is 4.07. The number of hydrogen-bond acceptors (Lipinski definition) is 5. The highest BCUT2D eigenvalue weighted by Crippen LogP contribution is 2.19. The molecule has 3 rings (SSSR count). The van der Waals surface area contributed by atoms with Crippen LogP contribution in [-0.4, -0.2) is 25.2 Å². The molecule has 146 valence electrons. The fourth-order valence-corrected chi connectivity index (χ4v) is 2.85. The number of carbonyl (C=O) groups excluding carboxylic acids is 2. The Morgan fingerprint density at radius 1 is 0.966 bits per heavy atom. The highest BCUT2D eigenvalue weighted by atomic mass is 79.9. The normalized spacial score (nSPS) is 10.6. The van der Waals surface area contributed by atoms with Gasteiger partial charge in [-0.05, 0) is 76.1 Å². The smallest absolute Gasteiger partial charge is 0.344 e. The molecule has 0 atom stereocenters. The second kappa shape index (κ2) is 9.66. The molecule has 29 heavy (non-hydrogen) atoms. The molecule has 0 radical (unpaired) electrons. The maximum atomic E-state index is 12.2. The van der Waals surface area contributed by atoms with Crippen molar-refractivity contribution in [1.29, 1.82) is 0 Å². The van der Waals surface area contributed by atoms with Crippen LogP contribution in [0.25, 0.3) is 0 Å². The van der Waals surface area contributed by atoms with E-state index in [4.69, 9.17) is 9.47 Å². The molecule has 0 bridgehead atoms. The molecule has 3 aromatic rings. The number of ether oxygens (including phenoxy) is 2. The summed E-state index contributed by atoms with van der Waals surface area (Å²) < 4.78 is 11.1. The molecule has 0 unspecified atom stereocenters. The molecular weight excluding hydrogens is 436 g/mol. The van der Waals surface area contributed by atoms with Crippen molar-refractivity contribution in [2.24, 2.45) is 5.10 Å². The van der Waals surface area contributed by atoms with Crippen LogP contribution in [-0.2, 0) is 0 Å². The minimum absolute atomic E-state index is 0.348. The van der Waals surface area contributed by atoms with E-state index in [1.54, 1.807) is 66.7 Å². The van der Waals surface area contributed by atoms with Gasteiger partial charge in [0.2, 0.25) is 0 Å². The average Bonchev–Trinajstić information content (AvgIpc) is 2.75. The zero-order chi connectivity index (χ0) is 20.6. The van der Waals surface area contributed by atoms with E-state index in [9.17, 15) is 9.59 Å². The number of amides is 1. The zero-order valence-electron chi connectivity index (χ0n) is 15.5. The molecule has 0 saturated carbocycles. The maximum Gasteiger partial charge on any atom is 0.344 e. The van der Waals surface area contributed by atoms with E-state index >= 15 is 0 Å². The largest absolute Gasteiger partial charge is 0.497 e. The molecule has 0 saturated heterocycles. The third kappa shape index (κ3) is 5.52. The fraction of sp³-hybridized carbons (Fsp3) is 0.0455. The van der Waals surface area contributed by atoms with Crippen molar-refractivity contribution in [3.05, 3.63) is 94.0 Å². The van der Waals surface area contributed by atoms with Crippen LogP contribution in [0.3, 0.4) is 0 Å². The molecule has 0 heterocycles. The van der Waals surface area contributed by atoms with E-state index in [0.29, 0.717) is 27.1 Å². The van der Waals surface area contributed by atoms with Crippen LogP contribution in [0.1, 0.15) is 26.3 Å². The fourth-order valence-electron chi connectivity index (χ4n) is 2.40. The number of halogens is 1. The summed E-state index contributed by atoms with van der Waals surface area (Å²) in [7, 11) is 1.54. The molecule has 3 aromatic carbocycles. The number of carbonyl (C=O) groups is 2. The van der Waals surface area contributed by atoms with Crippen LogP contribution in [0.15, 0.2) is 82.4 Å². The van der Waals surface area contributed by atoms with Crippen molar-refractivity contribution < 1.29 is 19.1 Å². The molecule has 0 aliphatic heterocycles. The van der Waals surface area contributed by atoms with Gasteiger partial charge >= 0.3 is 5.97 Å². The van der Waals surface area contributed by atoms with Crippen LogP contribution in [0, 0.1) is 0 Å². The topological polar surface area (TPSA) is 77.0 Å². The van der Waals surface area contributed by atoms with Gasteiger partial charge in [-0.2, -0.15) is 5.10 Å². The molecule has 0 aromatic heterocycles. The minimum atomic E-state index is -0.454. The third-order valence-electron chi connectivity index (χ3n) is 3.90. The highest BCUT2D eigenvalue weighted by molar-refractivity contribution is 9.10. The molecule has 6 nitrogen and oxygen atoms in total. The van der Waals surface area contributed by atoms with Gasteiger partial charge in [0.25, 0.3) is 5.91 Å². The van der Waals surface area contributed by atoms with Gasteiger partial charge in [-0.3, -0.25) is 4.79 Å². The van der Waals surface area contributed by atoms with Crippen LogP contribution < -0.4 is 14.9 Å². The molecule has 1 N–H and O–H groups in total. The molecule has 7 heteroatoms. The lowest BCUT2D eigenvalue weighted by atomic mass is 10.2. The predicted octanol–water partition coefficient (Wildman–Crippen LogP) is 4.44. The Morgan fingerprint density at radius 2 is 1.72 bits per heavy atom. The Morgan fingerprint density at radius 3 is 2.45 bits per heavy atom. The summed E-state index contributed by atoms with van der Waals surface area (Å²) in [5.74, 6) is 0.196. The molecular formula is C22H17BrN2O4. The maximum absolute atomic E-state index is 12.2. The van der Waals surface area contributed by atoms with Gasteiger partial charge in [0, 0.05) is 10.0 Å². The monoisotopic (exact) mass is 452 g/mol. The highest BCUT2D eigenvalue weighted by Gasteiger charge is 2.11. The first-order chi connectivity index (χ1) is 14.1. The molecule has 0 aliphatic carbocycles. The number of hydrazone groups is 1. The Hall–Kier alpha value is -3.45. The van der Waals surface area contributed by atoms with Crippen molar-refractivity contribution in [2.75, 3.05) is 7.11 Å². The lowest BCUT2D eigenvalue weighted by Crippen LogP contribution is -2.17. The van der Waals surface area contributed by atoms with E-state index in [1.165, 1.54) is 13.3 Å². The molecule has 0 spiro atoms. The number of nitrogens with zero attached hydrogens (tertiary/aromatic N) is 1. The summed E-state index contributed by atoms with van der Waals surface area (Å²) in [5, 5.41) is 3.94. The van der Waals surface area contributed by atoms with Crippen LogP contribution in [0.4, 0.5) is 0 Å². The predicted molar refractivity (Wildman–Crippen MR) is 114 cm³/mol. The number of esters is 1. The number of methoxy groups -OCH3 is 1. The summed E-state index contributed by atoms with van der Waals surface area (Å²) in [6.07, 6.45) is 1.50. The first-order valence-corrected chi connectivity index (χ1v) is 9.40. The Balaban J connectivity index is 1.58. The zero-order valence-corrected chi connectivity index (χ0v) is 17.0. The average molecular weight is 453 g/mol. The van der Waals surface area contributed by atoms with E-state index in [0.717, 1.165) is 5.56 Å². The van der Waals surface area contributed by atoms with Crippen molar-refractivity contribution in [1.82, 2.24) is 5.43 Å². The number of nitrogens with one attached hydrogen (secondary N) is 1. The van der Waals surface area contributed by atoms with E-state index in [1.807, 2.05) is 6.07 Å². The van der Waals surface area contributed by atoms with E-state index in [-0.39, 0.29) is 5.91 Å². The Bertz CT molecular complexity index is 1050. The summed E-state index contributed by atoms with van der Waals surface area (Å²) in [6, 6.07) is 20.6. The lowest BCUT2D eigenvalue weighted by molar-refractivity contribution is 0.0733. The minimum Gasteiger partial charge on any atom is -0.497 e. The second-order valence-corrected chi connectivity index (χ2v) is 6.72. The number of hydrogen-bond donors (Lipinski definition) is 1. The quantitative estimate of drug-likeness (QED) is 0.259. The molecule has 0 aliphatic rings. The summed E-state index contributed by atoms with van der Waals surface area (Å²) >= 11 is 3.33. The van der Waals surface area contributed by atoms with Gasteiger partial charge in [0.15, 0.2) is 0 Å². The van der Waals surface area contributed by atoms with Gasteiger partial charge in [-0.25, -0.2) is 10.2 Å². The summed E-state index contributed by atoms with van der Waals surface area (Å²) in [4.78, 5) is 24.3. The number of rotatable bonds is 6. The SMILES string of the molecule is COc1cccc(C(=O)NN=Cc2ccc(OC(=O)c3ccccc3Br)cc2)c1. The van der Waals surface area contributed by atoms with Crippen LogP contribution >= 0.6 is 15.9 Å².